The zero-order valence-electron chi connectivity index (χ0n) is 15.6. The van der Waals surface area contributed by atoms with E-state index < -0.39 is 0 Å². The van der Waals surface area contributed by atoms with Crippen LogP contribution < -0.4 is 10.1 Å². The number of para-hydroxylation sites is 1. The molecule has 2 aromatic carbocycles. The maximum absolute atomic E-state index is 6.03. The van der Waals surface area contributed by atoms with E-state index in [-0.39, 0.29) is 12.4 Å². The molecule has 2 rings (SSSR count). The fourth-order valence-electron chi connectivity index (χ4n) is 2.71. The van der Waals surface area contributed by atoms with Gasteiger partial charge in [0.15, 0.2) is 0 Å². The highest BCUT2D eigenvalue weighted by molar-refractivity contribution is 5.85. The van der Waals surface area contributed by atoms with Gasteiger partial charge in [-0.1, -0.05) is 80.6 Å². The van der Waals surface area contributed by atoms with Crippen molar-refractivity contribution in [3.63, 3.8) is 0 Å². The van der Waals surface area contributed by atoms with Crippen LogP contribution in [0.5, 0.6) is 5.75 Å². The quantitative estimate of drug-likeness (QED) is 0.491. The Kier molecular flexibility index (Phi) is 11.0. The van der Waals surface area contributed by atoms with E-state index in [9.17, 15) is 0 Å². The van der Waals surface area contributed by atoms with E-state index in [0.29, 0.717) is 6.61 Å². The molecule has 0 atom stereocenters. The first-order valence-corrected chi connectivity index (χ1v) is 9.26. The average molecular weight is 362 g/mol. The second-order valence-electron chi connectivity index (χ2n) is 6.47. The number of hydrogen-bond donors (Lipinski definition) is 1. The minimum Gasteiger partial charge on any atom is -0.489 e. The lowest BCUT2D eigenvalue weighted by atomic mass is 10.1. The van der Waals surface area contributed by atoms with Crippen LogP contribution in [-0.4, -0.2) is 6.54 Å². The minimum atomic E-state index is 0. The molecule has 0 aliphatic heterocycles. The van der Waals surface area contributed by atoms with Gasteiger partial charge in [0.1, 0.15) is 12.4 Å². The van der Waals surface area contributed by atoms with Gasteiger partial charge in [0.2, 0.25) is 0 Å². The molecular formula is C22H32ClNO. The van der Waals surface area contributed by atoms with Gasteiger partial charge < -0.3 is 10.1 Å². The topological polar surface area (TPSA) is 21.3 Å². The van der Waals surface area contributed by atoms with Crippen molar-refractivity contribution in [2.75, 3.05) is 6.54 Å². The fraction of sp³-hybridized carbons (Fsp3) is 0.455. The monoisotopic (exact) mass is 361 g/mol. The van der Waals surface area contributed by atoms with Gasteiger partial charge >= 0.3 is 0 Å². The predicted octanol–water partition coefficient (Wildman–Crippen LogP) is 6.06. The SMILES string of the molecule is CCCCCCCNCc1ccccc1OCc1ccc(C)cc1.Cl. The highest BCUT2D eigenvalue weighted by Crippen LogP contribution is 2.19. The van der Waals surface area contributed by atoms with Gasteiger partial charge in [0, 0.05) is 12.1 Å². The molecule has 0 radical (unpaired) electrons. The van der Waals surface area contributed by atoms with E-state index in [1.165, 1.54) is 48.8 Å². The average Bonchev–Trinajstić information content (AvgIpc) is 2.61. The third-order valence-corrected chi connectivity index (χ3v) is 4.26. The van der Waals surface area contributed by atoms with Crippen molar-refractivity contribution in [2.45, 2.75) is 59.1 Å². The third kappa shape index (κ3) is 8.42. The van der Waals surface area contributed by atoms with Crippen molar-refractivity contribution >= 4 is 12.4 Å². The molecule has 0 bridgehead atoms. The normalized spacial score (nSPS) is 10.3. The summed E-state index contributed by atoms with van der Waals surface area (Å²) in [5.41, 5.74) is 3.72. The standard InChI is InChI=1S/C22H31NO.ClH/c1-3-4-5-6-9-16-23-17-21-10-7-8-11-22(21)24-18-20-14-12-19(2)13-15-20;/h7-8,10-15,23H,3-6,9,16-18H2,1-2H3;1H. The second kappa shape index (κ2) is 12.8. The number of benzene rings is 2. The fourth-order valence-corrected chi connectivity index (χ4v) is 2.71. The maximum Gasteiger partial charge on any atom is 0.124 e. The number of rotatable bonds is 11. The Hall–Kier alpha value is -1.51. The van der Waals surface area contributed by atoms with Crippen molar-refractivity contribution in [3.8, 4) is 5.75 Å². The second-order valence-corrected chi connectivity index (χ2v) is 6.47. The van der Waals surface area contributed by atoms with Crippen molar-refractivity contribution in [2.24, 2.45) is 0 Å². The van der Waals surface area contributed by atoms with Crippen molar-refractivity contribution in [3.05, 3.63) is 65.2 Å². The molecule has 0 saturated heterocycles. The third-order valence-electron chi connectivity index (χ3n) is 4.26. The zero-order valence-corrected chi connectivity index (χ0v) is 16.4. The van der Waals surface area contributed by atoms with E-state index >= 15 is 0 Å². The summed E-state index contributed by atoms with van der Waals surface area (Å²) in [6, 6.07) is 16.9. The summed E-state index contributed by atoms with van der Waals surface area (Å²) in [5, 5.41) is 3.54. The first kappa shape index (κ1) is 21.5. The van der Waals surface area contributed by atoms with Crippen LogP contribution in [0.3, 0.4) is 0 Å². The summed E-state index contributed by atoms with van der Waals surface area (Å²) in [5.74, 6) is 0.983. The van der Waals surface area contributed by atoms with Crippen LogP contribution in [0.25, 0.3) is 0 Å². The van der Waals surface area contributed by atoms with E-state index in [2.05, 4.69) is 61.6 Å². The highest BCUT2D eigenvalue weighted by Gasteiger charge is 2.03. The van der Waals surface area contributed by atoms with Gasteiger partial charge in [-0.3, -0.25) is 0 Å². The lowest BCUT2D eigenvalue weighted by Crippen LogP contribution is -2.15. The number of aryl methyl sites for hydroxylation is 1. The van der Waals surface area contributed by atoms with Crippen LogP contribution in [0.2, 0.25) is 0 Å². The Morgan fingerprint density at radius 2 is 1.60 bits per heavy atom. The van der Waals surface area contributed by atoms with Crippen molar-refractivity contribution in [1.29, 1.82) is 0 Å². The maximum atomic E-state index is 6.03. The molecule has 0 fully saturated rings. The van der Waals surface area contributed by atoms with E-state index in [1.807, 2.05) is 6.07 Å². The molecule has 0 saturated carbocycles. The van der Waals surface area contributed by atoms with Crippen molar-refractivity contribution < 1.29 is 4.74 Å². The number of nitrogens with one attached hydrogen (secondary N) is 1. The van der Waals surface area contributed by atoms with Crippen molar-refractivity contribution in [1.82, 2.24) is 5.32 Å². The molecule has 3 heteroatoms. The largest absolute Gasteiger partial charge is 0.489 e. The van der Waals surface area contributed by atoms with E-state index in [0.717, 1.165) is 18.8 Å². The lowest BCUT2D eigenvalue weighted by Gasteiger charge is -2.12. The molecule has 2 aromatic rings. The molecule has 0 spiro atoms. The smallest absolute Gasteiger partial charge is 0.124 e. The van der Waals surface area contributed by atoms with Crippen LogP contribution in [0.4, 0.5) is 0 Å². The first-order chi connectivity index (χ1) is 11.8. The molecule has 0 amide bonds. The molecule has 1 N–H and O–H groups in total. The Bertz CT molecular complexity index is 583. The predicted molar refractivity (Wildman–Crippen MR) is 110 cm³/mol. The molecule has 0 aliphatic carbocycles. The number of unbranched alkanes of at least 4 members (excludes halogenated alkanes) is 4. The molecule has 138 valence electrons. The summed E-state index contributed by atoms with van der Waals surface area (Å²) >= 11 is 0. The molecule has 0 aliphatic rings. The van der Waals surface area contributed by atoms with Crippen LogP contribution in [0, 0.1) is 6.92 Å². The Balaban J connectivity index is 0.00000312. The highest BCUT2D eigenvalue weighted by atomic mass is 35.5. The number of ether oxygens (including phenoxy) is 1. The summed E-state index contributed by atoms with van der Waals surface area (Å²) in [7, 11) is 0. The molecule has 0 aromatic heterocycles. The van der Waals surface area contributed by atoms with Crippen LogP contribution in [-0.2, 0) is 13.2 Å². The van der Waals surface area contributed by atoms with Gasteiger partial charge in [-0.15, -0.1) is 12.4 Å². The Morgan fingerprint density at radius 3 is 2.36 bits per heavy atom. The molecular weight excluding hydrogens is 330 g/mol. The molecule has 2 nitrogen and oxygen atoms in total. The van der Waals surface area contributed by atoms with E-state index in [4.69, 9.17) is 4.74 Å². The summed E-state index contributed by atoms with van der Waals surface area (Å²) < 4.78 is 6.03. The van der Waals surface area contributed by atoms with Gasteiger partial charge in [-0.25, -0.2) is 0 Å². The molecule has 0 heterocycles. The molecule has 0 unspecified atom stereocenters. The summed E-state index contributed by atoms with van der Waals surface area (Å²) in [6.07, 6.45) is 6.60. The summed E-state index contributed by atoms with van der Waals surface area (Å²) in [6.45, 7) is 6.93. The number of hydrogen-bond acceptors (Lipinski definition) is 2. The van der Waals surface area contributed by atoms with Gasteiger partial charge in [0.05, 0.1) is 0 Å². The van der Waals surface area contributed by atoms with Crippen LogP contribution >= 0.6 is 12.4 Å². The minimum absolute atomic E-state index is 0. The Morgan fingerprint density at radius 1 is 0.880 bits per heavy atom. The zero-order chi connectivity index (χ0) is 17.0. The van der Waals surface area contributed by atoms with Crippen LogP contribution in [0.1, 0.15) is 55.7 Å². The molecule has 25 heavy (non-hydrogen) atoms. The summed E-state index contributed by atoms with van der Waals surface area (Å²) in [4.78, 5) is 0. The van der Waals surface area contributed by atoms with Gasteiger partial charge in [-0.05, 0) is 31.5 Å². The van der Waals surface area contributed by atoms with E-state index in [1.54, 1.807) is 0 Å². The lowest BCUT2D eigenvalue weighted by molar-refractivity contribution is 0.302. The van der Waals surface area contributed by atoms with Gasteiger partial charge in [-0.2, -0.15) is 0 Å². The van der Waals surface area contributed by atoms with Gasteiger partial charge in [0.25, 0.3) is 0 Å². The number of halogens is 1. The van der Waals surface area contributed by atoms with Crippen LogP contribution in [0.15, 0.2) is 48.5 Å². The Labute approximate surface area is 159 Å². The first-order valence-electron chi connectivity index (χ1n) is 9.26.